The summed E-state index contributed by atoms with van der Waals surface area (Å²) >= 11 is 0. The van der Waals surface area contributed by atoms with Gasteiger partial charge >= 0.3 is 0 Å². The molecule has 3 N–H and O–H groups in total. The second-order valence-electron chi connectivity index (χ2n) is 4.66. The number of aryl methyl sites for hydroxylation is 1. The minimum absolute atomic E-state index is 0.256. The SMILES string of the molecule is CCn1cc(N)c(C(=O)NCC2(OC)CCOC2)n1. The van der Waals surface area contributed by atoms with Crippen molar-refractivity contribution in [3.8, 4) is 0 Å². The monoisotopic (exact) mass is 268 g/mol. The Kier molecular flexibility index (Phi) is 4.06. The van der Waals surface area contributed by atoms with E-state index in [1.165, 1.54) is 0 Å². The third-order valence-corrected chi connectivity index (χ3v) is 3.40. The van der Waals surface area contributed by atoms with E-state index in [4.69, 9.17) is 15.2 Å². The van der Waals surface area contributed by atoms with Gasteiger partial charge in [0.1, 0.15) is 5.60 Å². The van der Waals surface area contributed by atoms with Gasteiger partial charge in [0.25, 0.3) is 5.91 Å². The standard InChI is InChI=1S/C12H20N4O3/c1-3-16-6-9(13)10(15-16)11(17)14-7-12(18-2)4-5-19-8-12/h6H,3-5,7-8,13H2,1-2H3,(H,14,17). The molecule has 1 saturated heterocycles. The summed E-state index contributed by atoms with van der Waals surface area (Å²) in [7, 11) is 1.63. The lowest BCUT2D eigenvalue weighted by molar-refractivity contribution is -0.0149. The zero-order chi connectivity index (χ0) is 13.9. The van der Waals surface area contributed by atoms with E-state index in [-0.39, 0.29) is 11.6 Å². The van der Waals surface area contributed by atoms with E-state index in [9.17, 15) is 4.79 Å². The molecule has 2 rings (SSSR count). The average Bonchev–Trinajstić information content (AvgIpc) is 3.03. The molecule has 1 amide bonds. The fourth-order valence-electron chi connectivity index (χ4n) is 2.06. The van der Waals surface area contributed by atoms with Crippen molar-refractivity contribution in [2.24, 2.45) is 0 Å². The first-order chi connectivity index (χ1) is 9.10. The summed E-state index contributed by atoms with van der Waals surface area (Å²) in [5.74, 6) is -0.284. The van der Waals surface area contributed by atoms with E-state index >= 15 is 0 Å². The topological polar surface area (TPSA) is 91.4 Å². The van der Waals surface area contributed by atoms with Crippen molar-refractivity contribution in [2.45, 2.75) is 25.5 Å². The Morgan fingerprint density at radius 3 is 3.05 bits per heavy atom. The van der Waals surface area contributed by atoms with Crippen LogP contribution in [0.4, 0.5) is 5.69 Å². The van der Waals surface area contributed by atoms with E-state index in [0.29, 0.717) is 32.0 Å². The minimum atomic E-state index is -0.433. The van der Waals surface area contributed by atoms with Gasteiger partial charge in [-0.3, -0.25) is 9.48 Å². The molecule has 1 aromatic rings. The molecule has 1 fully saturated rings. The number of aromatic nitrogens is 2. The number of carbonyl (C=O) groups is 1. The molecule has 7 nitrogen and oxygen atoms in total. The Bertz CT molecular complexity index is 452. The van der Waals surface area contributed by atoms with Crippen LogP contribution in [0.2, 0.25) is 0 Å². The molecule has 1 aliphatic heterocycles. The number of ether oxygens (including phenoxy) is 2. The van der Waals surface area contributed by atoms with Crippen LogP contribution in [0, 0.1) is 0 Å². The molecule has 1 atom stereocenters. The van der Waals surface area contributed by atoms with Gasteiger partial charge in [0.2, 0.25) is 0 Å². The number of nitrogens with one attached hydrogen (secondary N) is 1. The minimum Gasteiger partial charge on any atom is -0.396 e. The van der Waals surface area contributed by atoms with Crippen LogP contribution in [-0.2, 0) is 16.0 Å². The van der Waals surface area contributed by atoms with Crippen molar-refractivity contribution in [1.29, 1.82) is 0 Å². The Balaban J connectivity index is 1.98. The third kappa shape index (κ3) is 2.87. The van der Waals surface area contributed by atoms with E-state index in [2.05, 4.69) is 10.4 Å². The van der Waals surface area contributed by atoms with Crippen LogP contribution >= 0.6 is 0 Å². The first-order valence-electron chi connectivity index (χ1n) is 6.34. The maximum Gasteiger partial charge on any atom is 0.274 e. The first-order valence-corrected chi connectivity index (χ1v) is 6.34. The van der Waals surface area contributed by atoms with E-state index in [1.54, 1.807) is 18.0 Å². The predicted molar refractivity (Wildman–Crippen MR) is 69.8 cm³/mol. The van der Waals surface area contributed by atoms with Gasteiger partial charge in [-0.2, -0.15) is 5.10 Å². The largest absolute Gasteiger partial charge is 0.396 e. The second kappa shape index (κ2) is 5.58. The summed E-state index contributed by atoms with van der Waals surface area (Å²) in [6, 6.07) is 0. The van der Waals surface area contributed by atoms with E-state index in [1.807, 2.05) is 6.92 Å². The van der Waals surface area contributed by atoms with Gasteiger partial charge in [0.05, 0.1) is 12.3 Å². The highest BCUT2D eigenvalue weighted by molar-refractivity contribution is 5.97. The van der Waals surface area contributed by atoms with Crippen LogP contribution in [0.5, 0.6) is 0 Å². The highest BCUT2D eigenvalue weighted by atomic mass is 16.5. The van der Waals surface area contributed by atoms with Crippen molar-refractivity contribution >= 4 is 11.6 Å². The van der Waals surface area contributed by atoms with Crippen molar-refractivity contribution in [2.75, 3.05) is 32.6 Å². The van der Waals surface area contributed by atoms with Crippen LogP contribution in [0.1, 0.15) is 23.8 Å². The molecule has 0 aliphatic carbocycles. The van der Waals surface area contributed by atoms with Gasteiger partial charge in [-0.05, 0) is 6.92 Å². The number of amides is 1. The van der Waals surface area contributed by atoms with Gasteiger partial charge in [0.15, 0.2) is 5.69 Å². The molecule has 0 aromatic carbocycles. The van der Waals surface area contributed by atoms with E-state index < -0.39 is 5.60 Å². The van der Waals surface area contributed by atoms with Crippen molar-refractivity contribution in [1.82, 2.24) is 15.1 Å². The highest BCUT2D eigenvalue weighted by Gasteiger charge is 2.35. The molecule has 0 spiro atoms. The quantitative estimate of drug-likeness (QED) is 0.785. The molecule has 0 saturated carbocycles. The summed E-state index contributed by atoms with van der Waals surface area (Å²) in [5, 5.41) is 6.94. The lowest BCUT2D eigenvalue weighted by Crippen LogP contribution is -2.45. The number of anilines is 1. The summed E-state index contributed by atoms with van der Waals surface area (Å²) in [6.45, 7) is 4.14. The van der Waals surface area contributed by atoms with Crippen molar-refractivity contribution in [3.05, 3.63) is 11.9 Å². The lowest BCUT2D eigenvalue weighted by atomic mass is 10.0. The van der Waals surface area contributed by atoms with Gasteiger partial charge in [-0.15, -0.1) is 0 Å². The molecule has 1 aliphatic rings. The molecule has 0 radical (unpaired) electrons. The van der Waals surface area contributed by atoms with Gasteiger partial charge in [-0.1, -0.05) is 0 Å². The number of nitrogens with zero attached hydrogens (tertiary/aromatic N) is 2. The maximum atomic E-state index is 12.0. The summed E-state index contributed by atoms with van der Waals surface area (Å²) < 4.78 is 12.4. The molecule has 2 heterocycles. The van der Waals surface area contributed by atoms with Crippen LogP contribution < -0.4 is 11.1 Å². The molecule has 106 valence electrons. The first kappa shape index (κ1) is 13.8. The van der Waals surface area contributed by atoms with Crippen molar-refractivity contribution < 1.29 is 14.3 Å². The fraction of sp³-hybridized carbons (Fsp3) is 0.667. The number of carbonyl (C=O) groups excluding carboxylic acids is 1. The summed E-state index contributed by atoms with van der Waals surface area (Å²) in [4.78, 5) is 12.0. The highest BCUT2D eigenvalue weighted by Crippen LogP contribution is 2.21. The number of hydrogen-bond donors (Lipinski definition) is 2. The van der Waals surface area contributed by atoms with Crippen LogP contribution in [0.25, 0.3) is 0 Å². The smallest absolute Gasteiger partial charge is 0.274 e. The zero-order valence-corrected chi connectivity index (χ0v) is 11.3. The van der Waals surface area contributed by atoms with Gasteiger partial charge < -0.3 is 20.5 Å². The predicted octanol–water partition coefficient (Wildman–Crippen LogP) is 0.0205. The zero-order valence-electron chi connectivity index (χ0n) is 11.3. The number of methoxy groups -OCH3 is 1. The Morgan fingerprint density at radius 1 is 1.74 bits per heavy atom. The Hall–Kier alpha value is -1.60. The number of hydrogen-bond acceptors (Lipinski definition) is 5. The summed E-state index contributed by atoms with van der Waals surface area (Å²) in [6.07, 6.45) is 2.42. The maximum absolute atomic E-state index is 12.0. The van der Waals surface area contributed by atoms with E-state index in [0.717, 1.165) is 6.42 Å². The normalized spacial score (nSPS) is 22.6. The second-order valence-corrected chi connectivity index (χ2v) is 4.66. The lowest BCUT2D eigenvalue weighted by Gasteiger charge is -2.25. The fourth-order valence-corrected chi connectivity index (χ4v) is 2.06. The molecular weight excluding hydrogens is 248 g/mol. The number of nitrogens with two attached hydrogens (primary N) is 1. The van der Waals surface area contributed by atoms with Crippen LogP contribution in [-0.4, -0.2) is 48.2 Å². The molecule has 1 aromatic heterocycles. The number of nitrogen functional groups attached to an aromatic ring is 1. The Morgan fingerprint density at radius 2 is 2.53 bits per heavy atom. The molecule has 1 unspecified atom stereocenters. The average molecular weight is 268 g/mol. The third-order valence-electron chi connectivity index (χ3n) is 3.40. The van der Waals surface area contributed by atoms with Gasteiger partial charge in [0, 0.05) is 39.4 Å². The molecule has 19 heavy (non-hydrogen) atoms. The molecule has 7 heteroatoms. The molecular formula is C12H20N4O3. The Labute approximate surface area is 112 Å². The number of rotatable bonds is 5. The van der Waals surface area contributed by atoms with Crippen molar-refractivity contribution in [3.63, 3.8) is 0 Å². The summed E-state index contributed by atoms with van der Waals surface area (Å²) in [5.41, 5.74) is 5.97. The van der Waals surface area contributed by atoms with Crippen LogP contribution in [0.15, 0.2) is 6.20 Å². The van der Waals surface area contributed by atoms with Gasteiger partial charge in [-0.25, -0.2) is 0 Å². The molecule has 0 bridgehead atoms. The van der Waals surface area contributed by atoms with Crippen LogP contribution in [0.3, 0.4) is 0 Å².